The Bertz CT molecular complexity index is 1510. The lowest BCUT2D eigenvalue weighted by molar-refractivity contribution is 0.0369. The third-order valence-electron chi connectivity index (χ3n) is 6.96. The van der Waals surface area contributed by atoms with Crippen LogP contribution in [-0.2, 0) is 11.3 Å². The standard InChI is InChI=1S/C28H34FN7O3/c1-2-3-4-8-31-28(38)34-22-17-24-23(16-21(22)29)32-25(27(37)33-24)20-18-36(26-19(20)7-5-9-30-26)11-6-10-35-12-14-39-15-13-35/h5,7,9,16-18H,2-4,6,8,10-15H2,1H3,(H,33,37)(H2,31,34,38). The zero-order chi connectivity index (χ0) is 27.2. The molecule has 0 unspecified atom stereocenters. The summed E-state index contributed by atoms with van der Waals surface area (Å²) in [5, 5.41) is 6.04. The molecular weight excluding hydrogens is 501 g/mol. The number of hydrogen-bond acceptors (Lipinski definition) is 6. The lowest BCUT2D eigenvalue weighted by Crippen LogP contribution is -2.37. The summed E-state index contributed by atoms with van der Waals surface area (Å²) in [6.07, 6.45) is 7.44. The summed E-state index contributed by atoms with van der Waals surface area (Å²) in [6.45, 7) is 7.66. The second kappa shape index (κ2) is 12.4. The number of aryl methyl sites for hydroxylation is 1. The number of hydrogen-bond donors (Lipinski definition) is 3. The number of nitrogens with zero attached hydrogens (tertiary/aromatic N) is 4. The van der Waals surface area contributed by atoms with E-state index in [1.165, 1.54) is 12.1 Å². The van der Waals surface area contributed by atoms with Gasteiger partial charge in [-0.3, -0.25) is 9.69 Å². The van der Waals surface area contributed by atoms with E-state index in [4.69, 9.17) is 4.74 Å². The van der Waals surface area contributed by atoms with Crippen molar-refractivity contribution in [3.8, 4) is 11.3 Å². The van der Waals surface area contributed by atoms with Crippen molar-refractivity contribution in [1.82, 2.24) is 29.7 Å². The summed E-state index contributed by atoms with van der Waals surface area (Å²) in [7, 11) is 0. The number of rotatable bonds is 10. The number of amides is 2. The zero-order valence-electron chi connectivity index (χ0n) is 22.1. The molecule has 0 spiro atoms. The first-order chi connectivity index (χ1) is 19.0. The van der Waals surface area contributed by atoms with Gasteiger partial charge in [0.25, 0.3) is 5.56 Å². The van der Waals surface area contributed by atoms with Crippen LogP contribution in [0.4, 0.5) is 14.9 Å². The van der Waals surface area contributed by atoms with Gasteiger partial charge in [-0.25, -0.2) is 19.2 Å². The summed E-state index contributed by atoms with van der Waals surface area (Å²) in [6, 6.07) is 5.86. The molecule has 0 atom stereocenters. The Hall–Kier alpha value is -3.83. The topological polar surface area (TPSA) is 117 Å². The van der Waals surface area contributed by atoms with E-state index in [0.29, 0.717) is 17.6 Å². The number of unbranched alkanes of at least 4 members (excludes halogenated alkanes) is 2. The first-order valence-electron chi connectivity index (χ1n) is 13.6. The Morgan fingerprint density at radius 1 is 1.18 bits per heavy atom. The number of nitrogens with one attached hydrogen (secondary N) is 3. The molecule has 4 aromatic rings. The molecule has 2 amide bonds. The molecule has 10 nitrogen and oxygen atoms in total. The number of urea groups is 1. The predicted molar refractivity (Wildman–Crippen MR) is 149 cm³/mol. The Labute approximate surface area is 225 Å². The quantitative estimate of drug-likeness (QED) is 0.263. The highest BCUT2D eigenvalue weighted by molar-refractivity contribution is 5.95. The maximum atomic E-state index is 14.9. The normalized spacial score (nSPS) is 14.2. The van der Waals surface area contributed by atoms with Gasteiger partial charge in [0.1, 0.15) is 17.2 Å². The van der Waals surface area contributed by atoms with Crippen LogP contribution in [0.3, 0.4) is 0 Å². The van der Waals surface area contributed by atoms with Crippen LogP contribution in [0.5, 0.6) is 0 Å². The summed E-state index contributed by atoms with van der Waals surface area (Å²) >= 11 is 0. The number of aromatic amines is 1. The molecule has 5 rings (SSSR count). The molecule has 0 aliphatic carbocycles. The number of halogens is 1. The minimum absolute atomic E-state index is 0.0261. The summed E-state index contributed by atoms with van der Waals surface area (Å²) < 4.78 is 22.4. The fourth-order valence-corrected chi connectivity index (χ4v) is 4.90. The average Bonchev–Trinajstić information content (AvgIpc) is 3.30. The van der Waals surface area contributed by atoms with E-state index in [9.17, 15) is 14.0 Å². The van der Waals surface area contributed by atoms with Gasteiger partial charge in [-0.2, -0.15) is 0 Å². The highest BCUT2D eigenvalue weighted by atomic mass is 19.1. The van der Waals surface area contributed by atoms with Crippen LogP contribution in [0.25, 0.3) is 33.3 Å². The number of morpholine rings is 1. The van der Waals surface area contributed by atoms with Gasteiger partial charge in [-0.15, -0.1) is 0 Å². The van der Waals surface area contributed by atoms with Gasteiger partial charge in [0.05, 0.1) is 29.9 Å². The average molecular weight is 536 g/mol. The van der Waals surface area contributed by atoms with Crippen LogP contribution in [0.1, 0.15) is 32.6 Å². The first kappa shape index (κ1) is 26.8. The minimum atomic E-state index is -0.635. The van der Waals surface area contributed by atoms with E-state index in [2.05, 4.69) is 37.4 Å². The van der Waals surface area contributed by atoms with Gasteiger partial charge >= 0.3 is 6.03 Å². The molecule has 1 saturated heterocycles. The van der Waals surface area contributed by atoms with Crippen molar-refractivity contribution in [2.24, 2.45) is 0 Å². The fourth-order valence-electron chi connectivity index (χ4n) is 4.90. The molecule has 0 radical (unpaired) electrons. The second-order valence-electron chi connectivity index (χ2n) is 9.77. The summed E-state index contributed by atoms with van der Waals surface area (Å²) in [4.78, 5) is 39.6. The number of benzene rings is 1. The Morgan fingerprint density at radius 2 is 2.03 bits per heavy atom. The van der Waals surface area contributed by atoms with Crippen LogP contribution in [-0.4, -0.2) is 69.8 Å². The Kier molecular flexibility index (Phi) is 8.48. The number of pyridine rings is 1. The molecule has 1 aliphatic rings. The maximum Gasteiger partial charge on any atom is 0.319 e. The van der Waals surface area contributed by atoms with Crippen molar-refractivity contribution in [2.45, 2.75) is 39.2 Å². The van der Waals surface area contributed by atoms with E-state index in [0.717, 1.165) is 76.1 Å². The van der Waals surface area contributed by atoms with Crippen LogP contribution in [0, 0.1) is 5.82 Å². The lowest BCUT2D eigenvalue weighted by Gasteiger charge is -2.26. The monoisotopic (exact) mass is 535 g/mol. The van der Waals surface area contributed by atoms with Gasteiger partial charge in [0.2, 0.25) is 0 Å². The van der Waals surface area contributed by atoms with Crippen molar-refractivity contribution < 1.29 is 13.9 Å². The van der Waals surface area contributed by atoms with Gasteiger partial charge in [-0.1, -0.05) is 19.8 Å². The number of carbonyl (C=O) groups excluding carboxylic acids is 1. The number of aromatic nitrogens is 4. The second-order valence-corrected chi connectivity index (χ2v) is 9.77. The van der Waals surface area contributed by atoms with Crippen molar-refractivity contribution >= 4 is 33.8 Å². The summed E-state index contributed by atoms with van der Waals surface area (Å²) in [5.74, 6) is -0.635. The van der Waals surface area contributed by atoms with Crippen LogP contribution >= 0.6 is 0 Å². The molecule has 39 heavy (non-hydrogen) atoms. The molecule has 4 heterocycles. The molecule has 1 fully saturated rings. The predicted octanol–water partition coefficient (Wildman–Crippen LogP) is 4.11. The number of anilines is 1. The molecule has 0 saturated carbocycles. The van der Waals surface area contributed by atoms with Gasteiger partial charge < -0.3 is 24.9 Å². The number of H-pyrrole nitrogens is 1. The number of carbonyl (C=O) groups is 1. The van der Waals surface area contributed by atoms with Crippen LogP contribution in [0.2, 0.25) is 0 Å². The van der Waals surface area contributed by atoms with E-state index >= 15 is 0 Å². The van der Waals surface area contributed by atoms with Crippen LogP contribution < -0.4 is 16.2 Å². The SMILES string of the molecule is CCCCCNC(=O)Nc1cc2[nH]c(=O)c(-c3cn(CCCN4CCOCC4)c4ncccc34)nc2cc1F. The highest BCUT2D eigenvalue weighted by Gasteiger charge is 2.18. The zero-order valence-corrected chi connectivity index (χ0v) is 22.1. The lowest BCUT2D eigenvalue weighted by atomic mass is 10.1. The molecule has 11 heteroatoms. The van der Waals surface area contributed by atoms with Crippen molar-refractivity contribution in [2.75, 3.05) is 44.7 Å². The van der Waals surface area contributed by atoms with Gasteiger partial charge in [-0.05, 0) is 31.0 Å². The van der Waals surface area contributed by atoms with E-state index in [-0.39, 0.29) is 16.9 Å². The molecule has 3 aromatic heterocycles. The number of fused-ring (bicyclic) bond motifs is 2. The molecule has 206 valence electrons. The van der Waals surface area contributed by atoms with Crippen molar-refractivity contribution in [3.05, 3.63) is 52.8 Å². The maximum absolute atomic E-state index is 14.9. The van der Waals surface area contributed by atoms with E-state index in [1.54, 1.807) is 6.20 Å². The van der Waals surface area contributed by atoms with Crippen molar-refractivity contribution in [3.63, 3.8) is 0 Å². The van der Waals surface area contributed by atoms with Gasteiger partial charge in [0, 0.05) is 62.1 Å². The third kappa shape index (κ3) is 6.26. The highest BCUT2D eigenvalue weighted by Crippen LogP contribution is 2.28. The van der Waals surface area contributed by atoms with E-state index in [1.807, 2.05) is 22.9 Å². The fraction of sp³-hybridized carbons (Fsp3) is 0.429. The third-order valence-corrected chi connectivity index (χ3v) is 6.96. The van der Waals surface area contributed by atoms with Crippen LogP contribution in [0.15, 0.2) is 41.5 Å². The van der Waals surface area contributed by atoms with E-state index < -0.39 is 17.4 Å². The molecule has 1 aliphatic heterocycles. The van der Waals surface area contributed by atoms with Gasteiger partial charge in [0.15, 0.2) is 0 Å². The minimum Gasteiger partial charge on any atom is -0.379 e. The van der Waals surface area contributed by atoms with Crippen molar-refractivity contribution in [1.29, 1.82) is 0 Å². The summed E-state index contributed by atoms with van der Waals surface area (Å²) in [5.41, 5.74) is 1.79. The largest absolute Gasteiger partial charge is 0.379 e. The Morgan fingerprint density at radius 3 is 2.85 bits per heavy atom. The Balaban J connectivity index is 1.38. The molecule has 1 aromatic carbocycles. The number of ether oxygens (including phenoxy) is 1. The smallest absolute Gasteiger partial charge is 0.319 e. The first-order valence-corrected chi connectivity index (χ1v) is 13.6. The molecular formula is C28H34FN7O3. The molecule has 3 N–H and O–H groups in total. The molecule has 0 bridgehead atoms.